The molecule has 2 heterocycles. The fourth-order valence-corrected chi connectivity index (χ4v) is 3.46. The summed E-state index contributed by atoms with van der Waals surface area (Å²) in [5.41, 5.74) is 0.256. The number of likely N-dealkylation sites (tertiary alicyclic amines) is 1. The van der Waals surface area contributed by atoms with Gasteiger partial charge in [0, 0.05) is 23.5 Å². The van der Waals surface area contributed by atoms with Crippen LogP contribution in [-0.4, -0.2) is 34.3 Å². The standard InChI is InChI=1S/C17H17F2N3O2S/c1-10-4-2-3-7-22(10)16(24)14-9-25-17(20-14)21-15(23)11-5-6-12(18)13(19)8-11/h5-6,8-10H,2-4,7H2,1H3,(H,20,21,23)/t10-/m1/s1. The van der Waals surface area contributed by atoms with Crippen molar-refractivity contribution >= 4 is 28.3 Å². The molecule has 3 rings (SSSR count). The molecule has 5 nitrogen and oxygen atoms in total. The SMILES string of the molecule is C[C@@H]1CCCCN1C(=O)c1csc(NC(=O)c2ccc(F)c(F)c2)n1. The number of nitrogens with one attached hydrogen (secondary N) is 1. The Labute approximate surface area is 147 Å². The average molecular weight is 365 g/mol. The summed E-state index contributed by atoms with van der Waals surface area (Å²) in [7, 11) is 0. The molecule has 0 radical (unpaired) electrons. The van der Waals surface area contributed by atoms with Gasteiger partial charge >= 0.3 is 0 Å². The minimum Gasteiger partial charge on any atom is -0.335 e. The topological polar surface area (TPSA) is 62.3 Å². The summed E-state index contributed by atoms with van der Waals surface area (Å²) in [6.45, 7) is 2.71. The minimum atomic E-state index is -1.10. The fourth-order valence-electron chi connectivity index (χ4n) is 2.78. The third-order valence-electron chi connectivity index (χ3n) is 4.19. The molecule has 132 valence electrons. The van der Waals surface area contributed by atoms with Gasteiger partial charge < -0.3 is 4.90 Å². The highest BCUT2D eigenvalue weighted by molar-refractivity contribution is 7.14. The van der Waals surface area contributed by atoms with E-state index >= 15 is 0 Å². The Balaban J connectivity index is 1.69. The van der Waals surface area contributed by atoms with Gasteiger partial charge in [0.2, 0.25) is 0 Å². The largest absolute Gasteiger partial charge is 0.335 e. The lowest BCUT2D eigenvalue weighted by Crippen LogP contribution is -2.42. The third kappa shape index (κ3) is 3.84. The summed E-state index contributed by atoms with van der Waals surface area (Å²) in [6, 6.07) is 3.06. The summed E-state index contributed by atoms with van der Waals surface area (Å²) < 4.78 is 26.1. The molecule has 0 saturated carbocycles. The van der Waals surface area contributed by atoms with Crippen LogP contribution in [-0.2, 0) is 0 Å². The number of hydrogen-bond acceptors (Lipinski definition) is 4. The van der Waals surface area contributed by atoms with E-state index in [0.717, 1.165) is 42.7 Å². The van der Waals surface area contributed by atoms with Crippen LogP contribution in [0, 0.1) is 11.6 Å². The number of rotatable bonds is 3. The van der Waals surface area contributed by atoms with Gasteiger partial charge in [-0.05, 0) is 44.4 Å². The van der Waals surface area contributed by atoms with Gasteiger partial charge in [0.1, 0.15) is 5.69 Å². The van der Waals surface area contributed by atoms with Crippen molar-refractivity contribution in [2.75, 3.05) is 11.9 Å². The van der Waals surface area contributed by atoms with Crippen molar-refractivity contribution in [2.24, 2.45) is 0 Å². The van der Waals surface area contributed by atoms with E-state index in [4.69, 9.17) is 0 Å². The van der Waals surface area contributed by atoms with E-state index in [2.05, 4.69) is 10.3 Å². The lowest BCUT2D eigenvalue weighted by molar-refractivity contribution is 0.0630. The monoisotopic (exact) mass is 365 g/mol. The summed E-state index contributed by atoms with van der Waals surface area (Å²) >= 11 is 1.12. The molecule has 1 aliphatic rings. The second-order valence-corrected chi connectivity index (χ2v) is 6.82. The summed E-state index contributed by atoms with van der Waals surface area (Å²) in [4.78, 5) is 30.6. The van der Waals surface area contributed by atoms with Crippen LogP contribution >= 0.6 is 11.3 Å². The first-order valence-corrected chi connectivity index (χ1v) is 8.86. The number of aromatic nitrogens is 1. The van der Waals surface area contributed by atoms with Crippen LogP contribution < -0.4 is 5.32 Å². The molecule has 0 unspecified atom stereocenters. The van der Waals surface area contributed by atoms with Crippen molar-refractivity contribution in [2.45, 2.75) is 32.2 Å². The fraction of sp³-hybridized carbons (Fsp3) is 0.353. The van der Waals surface area contributed by atoms with Crippen LogP contribution in [0.4, 0.5) is 13.9 Å². The van der Waals surface area contributed by atoms with Crippen LogP contribution in [0.3, 0.4) is 0 Å². The second-order valence-electron chi connectivity index (χ2n) is 5.96. The molecular weight excluding hydrogens is 348 g/mol. The summed E-state index contributed by atoms with van der Waals surface area (Å²) in [5.74, 6) is -2.88. The third-order valence-corrected chi connectivity index (χ3v) is 4.95. The van der Waals surface area contributed by atoms with Crippen molar-refractivity contribution < 1.29 is 18.4 Å². The van der Waals surface area contributed by atoms with Gasteiger partial charge in [0.15, 0.2) is 16.8 Å². The van der Waals surface area contributed by atoms with Crippen LogP contribution in [0.5, 0.6) is 0 Å². The molecule has 0 aliphatic carbocycles. The number of anilines is 1. The molecule has 1 aromatic heterocycles. The number of hydrogen-bond donors (Lipinski definition) is 1. The molecule has 1 N–H and O–H groups in total. The molecule has 1 aliphatic heterocycles. The highest BCUT2D eigenvalue weighted by atomic mass is 32.1. The number of carbonyl (C=O) groups excluding carboxylic acids is 2. The number of benzene rings is 1. The molecule has 0 spiro atoms. The zero-order valence-corrected chi connectivity index (χ0v) is 14.4. The molecule has 8 heteroatoms. The van der Waals surface area contributed by atoms with Crippen LogP contribution in [0.1, 0.15) is 47.0 Å². The highest BCUT2D eigenvalue weighted by Crippen LogP contribution is 2.22. The number of halogens is 2. The van der Waals surface area contributed by atoms with Crippen molar-refractivity contribution in [3.8, 4) is 0 Å². The molecular formula is C17H17F2N3O2S. The lowest BCUT2D eigenvalue weighted by Gasteiger charge is -2.32. The maximum absolute atomic E-state index is 13.2. The van der Waals surface area contributed by atoms with Gasteiger partial charge in [-0.3, -0.25) is 14.9 Å². The maximum atomic E-state index is 13.2. The van der Waals surface area contributed by atoms with E-state index in [-0.39, 0.29) is 28.3 Å². The molecule has 2 amide bonds. The normalized spacial score (nSPS) is 17.4. The van der Waals surface area contributed by atoms with Gasteiger partial charge in [0.05, 0.1) is 0 Å². The first kappa shape index (κ1) is 17.5. The van der Waals surface area contributed by atoms with Gasteiger partial charge in [-0.2, -0.15) is 0 Å². The van der Waals surface area contributed by atoms with Crippen LogP contribution in [0.25, 0.3) is 0 Å². The van der Waals surface area contributed by atoms with E-state index in [0.29, 0.717) is 6.54 Å². The predicted molar refractivity (Wildman–Crippen MR) is 90.8 cm³/mol. The van der Waals surface area contributed by atoms with E-state index in [1.165, 1.54) is 6.07 Å². The molecule has 2 aromatic rings. The van der Waals surface area contributed by atoms with Gasteiger partial charge in [-0.15, -0.1) is 11.3 Å². The Kier molecular flexibility index (Phi) is 5.08. The second kappa shape index (κ2) is 7.26. The average Bonchev–Trinajstić information content (AvgIpc) is 3.05. The summed E-state index contributed by atoms with van der Waals surface area (Å²) in [5, 5.41) is 4.33. The van der Waals surface area contributed by atoms with Crippen molar-refractivity contribution in [1.29, 1.82) is 0 Å². The zero-order valence-electron chi connectivity index (χ0n) is 13.6. The molecule has 1 atom stereocenters. The molecule has 0 bridgehead atoms. The van der Waals surface area contributed by atoms with Crippen molar-refractivity contribution in [1.82, 2.24) is 9.88 Å². The molecule has 1 fully saturated rings. The highest BCUT2D eigenvalue weighted by Gasteiger charge is 2.26. The zero-order chi connectivity index (χ0) is 18.0. The Morgan fingerprint density at radius 3 is 2.80 bits per heavy atom. The lowest BCUT2D eigenvalue weighted by atomic mass is 10.0. The Bertz CT molecular complexity index is 809. The Morgan fingerprint density at radius 1 is 1.28 bits per heavy atom. The number of piperidine rings is 1. The number of amides is 2. The predicted octanol–water partition coefficient (Wildman–Crippen LogP) is 3.69. The Hall–Kier alpha value is -2.35. The van der Waals surface area contributed by atoms with E-state index in [1.54, 1.807) is 10.3 Å². The van der Waals surface area contributed by atoms with Crippen molar-refractivity contribution in [3.05, 3.63) is 46.5 Å². The smallest absolute Gasteiger partial charge is 0.273 e. The van der Waals surface area contributed by atoms with Crippen LogP contribution in [0.15, 0.2) is 23.6 Å². The maximum Gasteiger partial charge on any atom is 0.273 e. The van der Waals surface area contributed by atoms with E-state index < -0.39 is 17.5 Å². The molecule has 25 heavy (non-hydrogen) atoms. The first-order valence-electron chi connectivity index (χ1n) is 7.98. The first-order chi connectivity index (χ1) is 12.0. The van der Waals surface area contributed by atoms with Gasteiger partial charge in [-0.1, -0.05) is 0 Å². The quantitative estimate of drug-likeness (QED) is 0.902. The number of carbonyl (C=O) groups is 2. The molecule has 1 saturated heterocycles. The Morgan fingerprint density at radius 2 is 2.08 bits per heavy atom. The van der Waals surface area contributed by atoms with Crippen LogP contribution in [0.2, 0.25) is 0 Å². The number of thiazole rings is 1. The van der Waals surface area contributed by atoms with Gasteiger partial charge in [-0.25, -0.2) is 13.8 Å². The van der Waals surface area contributed by atoms with E-state index in [9.17, 15) is 18.4 Å². The number of nitrogens with zero attached hydrogens (tertiary/aromatic N) is 2. The minimum absolute atomic E-state index is 0.0216. The summed E-state index contributed by atoms with van der Waals surface area (Å²) in [6.07, 6.45) is 3.05. The van der Waals surface area contributed by atoms with Crippen molar-refractivity contribution in [3.63, 3.8) is 0 Å². The van der Waals surface area contributed by atoms with E-state index in [1.807, 2.05) is 6.92 Å². The van der Waals surface area contributed by atoms with Gasteiger partial charge in [0.25, 0.3) is 11.8 Å². The molecule has 1 aromatic carbocycles.